The van der Waals surface area contributed by atoms with Crippen molar-refractivity contribution in [2.45, 2.75) is 26.7 Å². The highest BCUT2D eigenvalue weighted by atomic mass is 16.5. The van der Waals surface area contributed by atoms with Gasteiger partial charge in [0.2, 0.25) is 0 Å². The maximum Gasteiger partial charge on any atom is 0.108 e. The van der Waals surface area contributed by atoms with Gasteiger partial charge in [0.15, 0.2) is 0 Å². The van der Waals surface area contributed by atoms with Crippen molar-refractivity contribution in [1.82, 2.24) is 0 Å². The number of nitrogens with two attached hydrogens (primary N) is 1. The Morgan fingerprint density at radius 2 is 1.85 bits per heavy atom. The number of rotatable bonds is 4. The normalized spacial score (nSPS) is 13.2. The highest BCUT2D eigenvalue weighted by Gasteiger charge is 2.06. The predicted octanol–water partition coefficient (Wildman–Crippen LogP) is 2.14. The summed E-state index contributed by atoms with van der Waals surface area (Å²) in [5.74, 6) is 0.365. The van der Waals surface area contributed by atoms with Crippen LogP contribution in [0.5, 0.6) is 0 Å². The van der Waals surface area contributed by atoms with Gasteiger partial charge < -0.3 is 10.5 Å². The quantitative estimate of drug-likeness (QED) is 0.719. The largest absolute Gasteiger partial charge is 0.359 e. The Bertz CT molecular complexity index is 233. The number of hydrogen-bond acceptors (Lipinski definition) is 2. The summed E-state index contributed by atoms with van der Waals surface area (Å²) in [7, 11) is 0. The topological polar surface area (TPSA) is 35.2 Å². The molecule has 0 fully saturated rings. The van der Waals surface area contributed by atoms with E-state index in [-0.39, 0.29) is 6.23 Å². The number of ether oxygens (including phenoxy) is 1. The van der Waals surface area contributed by atoms with Gasteiger partial charge in [0.05, 0.1) is 6.61 Å². The van der Waals surface area contributed by atoms with Gasteiger partial charge in [0.25, 0.3) is 0 Å². The average Bonchev–Trinajstić information content (AvgIpc) is 2.15. The summed E-state index contributed by atoms with van der Waals surface area (Å²) < 4.78 is 5.47. The van der Waals surface area contributed by atoms with Crippen molar-refractivity contribution in [1.29, 1.82) is 0 Å². The van der Waals surface area contributed by atoms with Crippen LogP contribution in [0.15, 0.2) is 30.3 Å². The van der Waals surface area contributed by atoms with E-state index in [0.717, 1.165) is 0 Å². The van der Waals surface area contributed by atoms with Gasteiger partial charge >= 0.3 is 0 Å². The van der Waals surface area contributed by atoms with Crippen LogP contribution in [0.3, 0.4) is 0 Å². The van der Waals surface area contributed by atoms with Crippen molar-refractivity contribution in [3.8, 4) is 0 Å². The van der Waals surface area contributed by atoms with Crippen LogP contribution < -0.4 is 5.73 Å². The molecular formula is C11H17NO. The SMILES string of the molecule is CC(C)C(N)OCc1ccccc1. The van der Waals surface area contributed by atoms with Gasteiger partial charge in [0, 0.05) is 0 Å². The summed E-state index contributed by atoms with van der Waals surface area (Å²) in [5.41, 5.74) is 6.91. The molecule has 1 aromatic carbocycles. The molecule has 2 N–H and O–H groups in total. The van der Waals surface area contributed by atoms with Crippen LogP contribution in [0.4, 0.5) is 0 Å². The van der Waals surface area contributed by atoms with Crippen molar-refractivity contribution >= 4 is 0 Å². The Labute approximate surface area is 79.7 Å². The molecule has 2 nitrogen and oxygen atoms in total. The minimum atomic E-state index is -0.166. The first-order chi connectivity index (χ1) is 6.20. The molecule has 1 rings (SSSR count). The molecule has 0 aromatic heterocycles. The van der Waals surface area contributed by atoms with E-state index in [1.807, 2.05) is 30.3 Å². The maximum atomic E-state index is 5.74. The predicted molar refractivity (Wildman–Crippen MR) is 54.0 cm³/mol. The second-order valence-electron chi connectivity index (χ2n) is 3.51. The standard InChI is InChI=1S/C11H17NO/c1-9(2)11(12)13-8-10-6-4-3-5-7-10/h3-7,9,11H,8,12H2,1-2H3. The molecule has 0 aliphatic heterocycles. The smallest absolute Gasteiger partial charge is 0.108 e. The first kappa shape index (κ1) is 10.2. The second-order valence-corrected chi connectivity index (χ2v) is 3.51. The fourth-order valence-electron chi connectivity index (χ4n) is 0.959. The molecule has 72 valence electrons. The molecule has 0 heterocycles. The molecule has 0 aliphatic carbocycles. The third-order valence-electron chi connectivity index (χ3n) is 1.94. The lowest BCUT2D eigenvalue weighted by Crippen LogP contribution is -2.29. The molecule has 0 spiro atoms. The summed E-state index contributed by atoms with van der Waals surface area (Å²) in [5, 5.41) is 0. The summed E-state index contributed by atoms with van der Waals surface area (Å²) in [6.07, 6.45) is -0.166. The lowest BCUT2D eigenvalue weighted by Gasteiger charge is -2.16. The first-order valence-electron chi connectivity index (χ1n) is 4.61. The van der Waals surface area contributed by atoms with E-state index < -0.39 is 0 Å². The van der Waals surface area contributed by atoms with Crippen LogP contribution in [0.1, 0.15) is 19.4 Å². The summed E-state index contributed by atoms with van der Waals surface area (Å²) in [4.78, 5) is 0. The van der Waals surface area contributed by atoms with Crippen molar-refractivity contribution in [2.75, 3.05) is 0 Å². The summed E-state index contributed by atoms with van der Waals surface area (Å²) in [6.45, 7) is 4.70. The van der Waals surface area contributed by atoms with Gasteiger partial charge in [-0.25, -0.2) is 0 Å². The highest BCUT2D eigenvalue weighted by Crippen LogP contribution is 2.05. The van der Waals surface area contributed by atoms with Crippen molar-refractivity contribution in [3.63, 3.8) is 0 Å². The Kier molecular flexibility index (Phi) is 3.93. The molecule has 1 unspecified atom stereocenters. The van der Waals surface area contributed by atoms with E-state index in [2.05, 4.69) is 13.8 Å². The van der Waals surface area contributed by atoms with E-state index >= 15 is 0 Å². The molecule has 0 amide bonds. The number of benzene rings is 1. The van der Waals surface area contributed by atoms with Crippen LogP contribution in [-0.2, 0) is 11.3 Å². The van der Waals surface area contributed by atoms with Gasteiger partial charge in [-0.15, -0.1) is 0 Å². The monoisotopic (exact) mass is 179 g/mol. The van der Waals surface area contributed by atoms with Crippen LogP contribution in [0, 0.1) is 5.92 Å². The number of hydrogen-bond donors (Lipinski definition) is 1. The van der Waals surface area contributed by atoms with Gasteiger partial charge in [0.1, 0.15) is 6.23 Å². The minimum Gasteiger partial charge on any atom is -0.359 e. The van der Waals surface area contributed by atoms with Gasteiger partial charge in [-0.3, -0.25) is 0 Å². The lowest BCUT2D eigenvalue weighted by molar-refractivity contribution is 0.0151. The molecule has 0 saturated heterocycles. The van der Waals surface area contributed by atoms with Gasteiger partial charge in [-0.05, 0) is 11.5 Å². The maximum absolute atomic E-state index is 5.74. The fraction of sp³-hybridized carbons (Fsp3) is 0.455. The van der Waals surface area contributed by atoms with E-state index in [1.54, 1.807) is 0 Å². The molecule has 13 heavy (non-hydrogen) atoms. The third kappa shape index (κ3) is 3.57. The molecule has 1 aromatic rings. The highest BCUT2D eigenvalue weighted by molar-refractivity contribution is 5.13. The second kappa shape index (κ2) is 5.00. The van der Waals surface area contributed by atoms with Crippen LogP contribution >= 0.6 is 0 Å². The Balaban J connectivity index is 2.35. The zero-order valence-corrected chi connectivity index (χ0v) is 8.23. The van der Waals surface area contributed by atoms with Crippen molar-refractivity contribution in [2.24, 2.45) is 11.7 Å². The molecular weight excluding hydrogens is 162 g/mol. The third-order valence-corrected chi connectivity index (χ3v) is 1.94. The van der Waals surface area contributed by atoms with E-state index in [0.29, 0.717) is 12.5 Å². The summed E-state index contributed by atoms with van der Waals surface area (Å²) >= 11 is 0. The molecule has 0 saturated carbocycles. The average molecular weight is 179 g/mol. The molecule has 1 atom stereocenters. The van der Waals surface area contributed by atoms with Gasteiger partial charge in [-0.2, -0.15) is 0 Å². The van der Waals surface area contributed by atoms with Crippen molar-refractivity contribution < 1.29 is 4.74 Å². The van der Waals surface area contributed by atoms with Crippen LogP contribution in [0.2, 0.25) is 0 Å². The molecule has 2 heteroatoms. The van der Waals surface area contributed by atoms with Gasteiger partial charge in [-0.1, -0.05) is 44.2 Å². The zero-order chi connectivity index (χ0) is 9.68. The first-order valence-corrected chi connectivity index (χ1v) is 4.61. The van der Waals surface area contributed by atoms with E-state index in [4.69, 9.17) is 10.5 Å². The molecule has 0 aliphatic rings. The Morgan fingerprint density at radius 1 is 1.23 bits per heavy atom. The lowest BCUT2D eigenvalue weighted by atomic mass is 10.2. The summed E-state index contributed by atoms with van der Waals surface area (Å²) in [6, 6.07) is 10.1. The van der Waals surface area contributed by atoms with Crippen LogP contribution in [0.25, 0.3) is 0 Å². The molecule has 0 radical (unpaired) electrons. The Hall–Kier alpha value is -0.860. The minimum absolute atomic E-state index is 0.166. The van der Waals surface area contributed by atoms with Crippen molar-refractivity contribution in [3.05, 3.63) is 35.9 Å². The van der Waals surface area contributed by atoms with Crippen LogP contribution in [-0.4, -0.2) is 6.23 Å². The van der Waals surface area contributed by atoms with E-state index in [1.165, 1.54) is 5.56 Å². The van der Waals surface area contributed by atoms with E-state index in [9.17, 15) is 0 Å². The zero-order valence-electron chi connectivity index (χ0n) is 8.23. The molecule has 0 bridgehead atoms. The Morgan fingerprint density at radius 3 is 2.38 bits per heavy atom. The fourth-order valence-corrected chi connectivity index (χ4v) is 0.959.